The number of aromatic nitrogens is 1. The zero-order chi connectivity index (χ0) is 16.4. The Labute approximate surface area is 136 Å². The minimum absolute atomic E-state index is 0.0871. The maximum Gasteiger partial charge on any atom is 0.341 e. The van der Waals surface area contributed by atoms with Crippen molar-refractivity contribution in [2.24, 2.45) is 5.92 Å². The van der Waals surface area contributed by atoms with Crippen LogP contribution in [0.15, 0.2) is 17.1 Å². The second kappa shape index (κ2) is 6.87. The number of nitrogens with zero attached hydrogens (tertiary/aromatic N) is 2. The average Bonchev–Trinajstić information content (AvgIpc) is 3.05. The second-order valence-electron chi connectivity index (χ2n) is 7.05. The van der Waals surface area contributed by atoms with Crippen LogP contribution in [0.3, 0.4) is 0 Å². The fraction of sp³-hybridized carbons (Fsp3) is 0.667. The lowest BCUT2D eigenvalue weighted by Crippen LogP contribution is -2.41. The lowest BCUT2D eigenvalue weighted by molar-refractivity contribution is 0.0692. The van der Waals surface area contributed by atoms with Crippen LogP contribution in [0, 0.1) is 12.8 Å². The van der Waals surface area contributed by atoms with E-state index in [0.717, 1.165) is 32.0 Å². The molecular weight excluding hydrogens is 292 g/mol. The highest BCUT2D eigenvalue weighted by Crippen LogP contribution is 2.28. The number of likely N-dealkylation sites (tertiary alicyclic amines) is 1. The average molecular weight is 318 g/mol. The molecule has 5 nitrogen and oxygen atoms in total. The molecule has 0 atom stereocenters. The van der Waals surface area contributed by atoms with Crippen molar-refractivity contribution in [3.8, 4) is 0 Å². The van der Waals surface area contributed by atoms with E-state index in [1.807, 2.05) is 0 Å². The van der Waals surface area contributed by atoms with E-state index >= 15 is 0 Å². The van der Waals surface area contributed by atoms with E-state index in [2.05, 4.69) is 4.90 Å². The van der Waals surface area contributed by atoms with E-state index in [-0.39, 0.29) is 11.1 Å². The summed E-state index contributed by atoms with van der Waals surface area (Å²) in [5, 5.41) is 9.21. The number of pyridine rings is 1. The van der Waals surface area contributed by atoms with Crippen LogP contribution in [-0.2, 0) is 6.54 Å². The van der Waals surface area contributed by atoms with Gasteiger partial charge in [-0.05, 0) is 63.2 Å². The van der Waals surface area contributed by atoms with Crippen LogP contribution < -0.4 is 5.56 Å². The van der Waals surface area contributed by atoms with Crippen LogP contribution >= 0.6 is 0 Å². The Bertz CT molecular complexity index is 624. The van der Waals surface area contributed by atoms with Gasteiger partial charge in [0.2, 0.25) is 0 Å². The van der Waals surface area contributed by atoms with E-state index in [9.17, 15) is 14.7 Å². The third-order valence-electron chi connectivity index (χ3n) is 5.53. The van der Waals surface area contributed by atoms with E-state index < -0.39 is 5.97 Å². The van der Waals surface area contributed by atoms with Gasteiger partial charge in [-0.25, -0.2) is 4.79 Å². The summed E-state index contributed by atoms with van der Waals surface area (Å²) in [5.41, 5.74) is 0.0846. The van der Waals surface area contributed by atoms with Crippen LogP contribution in [0.25, 0.3) is 0 Å². The van der Waals surface area contributed by atoms with Crippen LogP contribution in [0.1, 0.15) is 54.4 Å². The Balaban J connectivity index is 1.64. The topological polar surface area (TPSA) is 62.5 Å². The molecule has 0 bridgehead atoms. The van der Waals surface area contributed by atoms with Crippen LogP contribution in [0.4, 0.5) is 0 Å². The lowest BCUT2D eigenvalue weighted by Gasteiger charge is -2.36. The highest BCUT2D eigenvalue weighted by Gasteiger charge is 2.27. The summed E-state index contributed by atoms with van der Waals surface area (Å²) in [4.78, 5) is 26.2. The molecule has 0 amide bonds. The zero-order valence-electron chi connectivity index (χ0n) is 13.8. The molecule has 1 saturated carbocycles. The lowest BCUT2D eigenvalue weighted by atomic mass is 9.95. The van der Waals surface area contributed by atoms with Gasteiger partial charge in [0.15, 0.2) is 0 Å². The van der Waals surface area contributed by atoms with Crippen LogP contribution in [0.5, 0.6) is 0 Å². The van der Waals surface area contributed by atoms with Gasteiger partial charge in [0.05, 0.1) is 0 Å². The number of carboxylic acids is 1. The maximum absolute atomic E-state index is 12.4. The van der Waals surface area contributed by atoms with Crippen molar-refractivity contribution in [3.05, 3.63) is 33.7 Å². The van der Waals surface area contributed by atoms with E-state index in [0.29, 0.717) is 18.0 Å². The quantitative estimate of drug-likeness (QED) is 0.926. The number of hydrogen-bond acceptors (Lipinski definition) is 3. The number of aromatic carboxylic acids is 1. The summed E-state index contributed by atoms with van der Waals surface area (Å²) in [6, 6.07) is 2.51. The van der Waals surface area contributed by atoms with Gasteiger partial charge in [-0.1, -0.05) is 12.8 Å². The molecule has 1 saturated heterocycles. The summed E-state index contributed by atoms with van der Waals surface area (Å²) in [7, 11) is 0. The highest BCUT2D eigenvalue weighted by molar-refractivity contribution is 5.88. The Kier molecular flexibility index (Phi) is 4.85. The van der Waals surface area contributed by atoms with Crippen molar-refractivity contribution in [1.29, 1.82) is 0 Å². The summed E-state index contributed by atoms with van der Waals surface area (Å²) < 4.78 is 1.59. The Hall–Kier alpha value is -1.62. The minimum atomic E-state index is -1.13. The van der Waals surface area contributed by atoms with Gasteiger partial charge >= 0.3 is 5.97 Å². The first-order chi connectivity index (χ1) is 11.1. The fourth-order valence-corrected chi connectivity index (χ4v) is 4.12. The number of rotatable bonds is 4. The number of carbonyl (C=O) groups is 1. The van der Waals surface area contributed by atoms with Crippen LogP contribution in [-0.4, -0.2) is 39.7 Å². The zero-order valence-corrected chi connectivity index (χ0v) is 13.8. The molecular formula is C18H26N2O3. The van der Waals surface area contributed by atoms with Crippen molar-refractivity contribution in [3.63, 3.8) is 0 Å². The third-order valence-corrected chi connectivity index (χ3v) is 5.53. The predicted molar refractivity (Wildman–Crippen MR) is 89.0 cm³/mol. The molecule has 1 aliphatic carbocycles. The molecule has 1 aromatic rings. The molecule has 126 valence electrons. The number of piperidine rings is 1. The first kappa shape index (κ1) is 16.2. The molecule has 5 heteroatoms. The van der Waals surface area contributed by atoms with Crippen molar-refractivity contribution < 1.29 is 9.90 Å². The minimum Gasteiger partial charge on any atom is -0.477 e. The molecule has 23 heavy (non-hydrogen) atoms. The Morgan fingerprint density at radius 1 is 1.22 bits per heavy atom. The Morgan fingerprint density at radius 2 is 1.87 bits per heavy atom. The molecule has 0 aromatic carbocycles. The van der Waals surface area contributed by atoms with Gasteiger partial charge in [0.25, 0.3) is 5.56 Å². The number of aryl methyl sites for hydroxylation is 1. The summed E-state index contributed by atoms with van der Waals surface area (Å²) in [6.07, 6.45) is 9.34. The summed E-state index contributed by atoms with van der Waals surface area (Å²) in [6.45, 7) is 4.54. The second-order valence-corrected chi connectivity index (χ2v) is 7.05. The molecule has 1 aromatic heterocycles. The molecule has 0 spiro atoms. The molecule has 2 fully saturated rings. The van der Waals surface area contributed by atoms with Gasteiger partial charge in [0.1, 0.15) is 5.56 Å². The fourth-order valence-electron chi connectivity index (χ4n) is 4.12. The smallest absolute Gasteiger partial charge is 0.341 e. The van der Waals surface area contributed by atoms with Crippen molar-refractivity contribution in [1.82, 2.24) is 9.47 Å². The highest BCUT2D eigenvalue weighted by atomic mass is 16.4. The largest absolute Gasteiger partial charge is 0.477 e. The summed E-state index contributed by atoms with van der Waals surface area (Å²) in [5.74, 6) is -0.660. The van der Waals surface area contributed by atoms with E-state index in [4.69, 9.17) is 0 Å². The van der Waals surface area contributed by atoms with E-state index in [1.165, 1.54) is 25.7 Å². The maximum atomic E-state index is 12.4. The molecule has 0 radical (unpaired) electrons. The normalized spacial score (nSPS) is 20.9. The van der Waals surface area contributed by atoms with Gasteiger partial charge in [-0.2, -0.15) is 0 Å². The van der Waals surface area contributed by atoms with Crippen molar-refractivity contribution in [2.45, 2.75) is 58.0 Å². The number of carboxylic acid groups (broad SMARTS) is 1. The van der Waals surface area contributed by atoms with Gasteiger partial charge in [-0.3, -0.25) is 4.79 Å². The summed E-state index contributed by atoms with van der Waals surface area (Å²) >= 11 is 0. The van der Waals surface area contributed by atoms with Gasteiger partial charge < -0.3 is 14.6 Å². The molecule has 1 aliphatic heterocycles. The Morgan fingerprint density at radius 3 is 2.48 bits per heavy atom. The predicted octanol–water partition coefficient (Wildman–Crippen LogP) is 2.51. The van der Waals surface area contributed by atoms with Gasteiger partial charge in [0, 0.05) is 18.8 Å². The van der Waals surface area contributed by atoms with E-state index in [1.54, 1.807) is 23.8 Å². The van der Waals surface area contributed by atoms with Gasteiger partial charge in [-0.15, -0.1) is 0 Å². The molecule has 1 N–H and O–H groups in total. The third kappa shape index (κ3) is 3.50. The molecule has 2 heterocycles. The first-order valence-corrected chi connectivity index (χ1v) is 8.73. The monoisotopic (exact) mass is 318 g/mol. The standard InChI is InChI=1S/C18H26N2O3/c1-13-6-9-20(17(21)16(13)18(22)23)12-14-7-10-19(11-8-14)15-4-2-3-5-15/h6,9,14-15H,2-5,7-8,10-12H2,1H3,(H,22,23). The molecule has 2 aliphatic rings. The number of hydrogen-bond donors (Lipinski definition) is 1. The SMILES string of the molecule is Cc1ccn(CC2CCN(C3CCCC3)CC2)c(=O)c1C(=O)O. The molecule has 0 unspecified atom stereocenters. The molecule has 3 rings (SSSR count). The first-order valence-electron chi connectivity index (χ1n) is 8.73. The van der Waals surface area contributed by atoms with Crippen molar-refractivity contribution in [2.75, 3.05) is 13.1 Å². The van der Waals surface area contributed by atoms with Crippen molar-refractivity contribution >= 4 is 5.97 Å². The van der Waals surface area contributed by atoms with Crippen LogP contribution in [0.2, 0.25) is 0 Å².